The van der Waals surface area contributed by atoms with Gasteiger partial charge >= 0.3 is 0 Å². The van der Waals surface area contributed by atoms with E-state index < -0.39 is 5.60 Å². The number of thioether (sulfide) groups is 1. The minimum Gasteiger partial charge on any atom is -0.388 e. The van der Waals surface area contributed by atoms with Gasteiger partial charge in [-0.25, -0.2) is 15.8 Å². The summed E-state index contributed by atoms with van der Waals surface area (Å²) in [5.74, 6) is 6.66. The highest BCUT2D eigenvalue weighted by atomic mass is 32.2. The quantitative estimate of drug-likeness (QED) is 0.217. The molecule has 0 unspecified atom stereocenters. The summed E-state index contributed by atoms with van der Waals surface area (Å²) in [5.41, 5.74) is 1.90. The average molecular weight is 297 g/mol. The van der Waals surface area contributed by atoms with E-state index in [-0.39, 0.29) is 0 Å². The van der Waals surface area contributed by atoms with E-state index in [1.54, 1.807) is 6.07 Å². The van der Waals surface area contributed by atoms with Crippen molar-refractivity contribution < 1.29 is 5.11 Å². The Balaban J connectivity index is 2.02. The number of hydrogen-bond donors (Lipinski definition) is 4. The molecule has 0 radical (unpaired) electrons. The summed E-state index contributed by atoms with van der Waals surface area (Å²) in [5, 5.41) is 14.5. The summed E-state index contributed by atoms with van der Waals surface area (Å²) in [6.45, 7) is 0.516. The van der Waals surface area contributed by atoms with Crippen LogP contribution in [0.5, 0.6) is 0 Å². The fourth-order valence-corrected chi connectivity index (χ4v) is 2.88. The number of aromatic nitrogens is 2. The molecule has 2 rings (SSSR count). The second-order valence-corrected chi connectivity index (χ2v) is 6.03. The molecule has 6 nitrogen and oxygen atoms in total. The maximum Gasteiger partial charge on any atom is 0.191 e. The van der Waals surface area contributed by atoms with Crippen molar-refractivity contribution in [1.29, 1.82) is 0 Å². The standard InChI is InChI=1S/C13H23N5OS/c1-20-12-16-10(8-11(17-12)18-14)15-9-13(19)6-4-2-3-5-7-13/h8,19H,2-7,9,14H2,1H3,(H2,15,16,17,18). The molecular weight excluding hydrogens is 274 g/mol. The molecule has 1 heterocycles. The highest BCUT2D eigenvalue weighted by molar-refractivity contribution is 7.98. The van der Waals surface area contributed by atoms with E-state index >= 15 is 0 Å². The van der Waals surface area contributed by atoms with Gasteiger partial charge < -0.3 is 15.8 Å². The van der Waals surface area contributed by atoms with Crippen LogP contribution in [0, 0.1) is 0 Å². The monoisotopic (exact) mass is 297 g/mol. The van der Waals surface area contributed by atoms with E-state index in [1.807, 2.05) is 6.26 Å². The van der Waals surface area contributed by atoms with Gasteiger partial charge in [-0.3, -0.25) is 0 Å². The lowest BCUT2D eigenvalue weighted by atomic mass is 9.94. The first-order valence-corrected chi connectivity index (χ1v) is 8.24. The number of nitrogens with one attached hydrogen (secondary N) is 2. The molecule has 1 saturated carbocycles. The van der Waals surface area contributed by atoms with Crippen molar-refractivity contribution in [2.45, 2.75) is 49.3 Å². The molecule has 20 heavy (non-hydrogen) atoms. The number of nitrogen functional groups attached to an aromatic ring is 1. The van der Waals surface area contributed by atoms with Gasteiger partial charge in [-0.05, 0) is 19.1 Å². The van der Waals surface area contributed by atoms with Gasteiger partial charge in [0.15, 0.2) is 5.16 Å². The van der Waals surface area contributed by atoms with Crippen LogP contribution in [0.25, 0.3) is 0 Å². The van der Waals surface area contributed by atoms with Crippen molar-refractivity contribution in [3.8, 4) is 0 Å². The first kappa shape index (κ1) is 15.3. The second-order valence-electron chi connectivity index (χ2n) is 5.26. The molecule has 1 fully saturated rings. The molecular formula is C13H23N5OS. The molecule has 0 spiro atoms. The lowest BCUT2D eigenvalue weighted by Crippen LogP contribution is -2.36. The van der Waals surface area contributed by atoms with E-state index in [9.17, 15) is 5.11 Å². The van der Waals surface area contributed by atoms with Gasteiger partial charge in [0, 0.05) is 12.6 Å². The van der Waals surface area contributed by atoms with Gasteiger partial charge in [0.2, 0.25) is 0 Å². The number of hydrogen-bond acceptors (Lipinski definition) is 7. The summed E-state index contributed by atoms with van der Waals surface area (Å²) < 4.78 is 0. The van der Waals surface area contributed by atoms with Crippen LogP contribution in [-0.2, 0) is 0 Å². The zero-order valence-corrected chi connectivity index (χ0v) is 12.7. The highest BCUT2D eigenvalue weighted by Crippen LogP contribution is 2.27. The Morgan fingerprint density at radius 1 is 1.25 bits per heavy atom. The van der Waals surface area contributed by atoms with Crippen molar-refractivity contribution in [2.24, 2.45) is 5.84 Å². The first-order chi connectivity index (χ1) is 9.65. The van der Waals surface area contributed by atoms with E-state index in [1.165, 1.54) is 24.6 Å². The molecule has 112 valence electrons. The predicted octanol–water partition coefficient (Wildman–Crippen LogP) is 1.98. The minimum atomic E-state index is -0.628. The van der Waals surface area contributed by atoms with Gasteiger partial charge in [-0.15, -0.1) is 0 Å². The minimum absolute atomic E-state index is 0.516. The molecule has 1 aliphatic rings. The van der Waals surface area contributed by atoms with Crippen LogP contribution in [-0.4, -0.2) is 33.5 Å². The number of aliphatic hydroxyl groups is 1. The van der Waals surface area contributed by atoms with Gasteiger partial charge in [0.05, 0.1) is 5.60 Å². The molecule has 0 amide bonds. The van der Waals surface area contributed by atoms with Crippen molar-refractivity contribution >= 4 is 23.4 Å². The third kappa shape index (κ3) is 4.22. The largest absolute Gasteiger partial charge is 0.388 e. The fraction of sp³-hybridized carbons (Fsp3) is 0.692. The first-order valence-electron chi connectivity index (χ1n) is 7.01. The van der Waals surface area contributed by atoms with Crippen LogP contribution < -0.4 is 16.6 Å². The van der Waals surface area contributed by atoms with Crippen molar-refractivity contribution in [2.75, 3.05) is 23.5 Å². The average Bonchev–Trinajstić information content (AvgIpc) is 2.70. The summed E-state index contributed by atoms with van der Waals surface area (Å²) in [6.07, 6.45) is 8.23. The number of nitrogens with zero attached hydrogens (tertiary/aromatic N) is 2. The highest BCUT2D eigenvalue weighted by Gasteiger charge is 2.27. The van der Waals surface area contributed by atoms with E-state index in [2.05, 4.69) is 20.7 Å². The zero-order valence-electron chi connectivity index (χ0n) is 11.9. The molecule has 0 bridgehead atoms. The van der Waals surface area contributed by atoms with Gasteiger partial charge in [0.25, 0.3) is 0 Å². The van der Waals surface area contributed by atoms with Gasteiger partial charge in [0.1, 0.15) is 11.6 Å². The molecule has 1 aliphatic carbocycles. The second kappa shape index (κ2) is 7.10. The lowest BCUT2D eigenvalue weighted by molar-refractivity contribution is 0.0380. The van der Waals surface area contributed by atoms with Crippen molar-refractivity contribution in [1.82, 2.24) is 9.97 Å². The van der Waals surface area contributed by atoms with Crippen LogP contribution in [0.2, 0.25) is 0 Å². The van der Waals surface area contributed by atoms with Crippen LogP contribution in [0.3, 0.4) is 0 Å². The maximum atomic E-state index is 10.6. The Hall–Kier alpha value is -1.05. The summed E-state index contributed by atoms with van der Waals surface area (Å²) >= 11 is 1.46. The number of rotatable bonds is 5. The Labute approximate surface area is 123 Å². The third-order valence-corrected chi connectivity index (χ3v) is 4.22. The normalized spacial score (nSPS) is 18.4. The molecule has 5 N–H and O–H groups in total. The number of hydrazine groups is 1. The Bertz CT molecular complexity index is 413. The smallest absolute Gasteiger partial charge is 0.191 e. The maximum absolute atomic E-state index is 10.6. The summed E-state index contributed by atoms with van der Waals surface area (Å²) in [4.78, 5) is 8.58. The Morgan fingerprint density at radius 2 is 1.90 bits per heavy atom. The molecule has 1 aromatic rings. The van der Waals surface area contributed by atoms with Crippen LogP contribution >= 0.6 is 11.8 Å². The summed E-state index contributed by atoms with van der Waals surface area (Å²) in [7, 11) is 0. The van der Waals surface area contributed by atoms with E-state index in [4.69, 9.17) is 5.84 Å². The van der Waals surface area contributed by atoms with Crippen LogP contribution in [0.1, 0.15) is 38.5 Å². The molecule has 0 aliphatic heterocycles. The fourth-order valence-electron chi connectivity index (χ4n) is 2.50. The lowest BCUT2D eigenvalue weighted by Gasteiger charge is -2.27. The molecule has 0 atom stereocenters. The van der Waals surface area contributed by atoms with Crippen LogP contribution in [0.4, 0.5) is 11.6 Å². The van der Waals surface area contributed by atoms with E-state index in [0.29, 0.717) is 23.3 Å². The predicted molar refractivity (Wildman–Crippen MR) is 82.8 cm³/mol. The third-order valence-electron chi connectivity index (χ3n) is 3.67. The van der Waals surface area contributed by atoms with E-state index in [0.717, 1.165) is 25.7 Å². The molecule has 1 aromatic heterocycles. The molecule has 0 aromatic carbocycles. The Kier molecular flexibility index (Phi) is 5.45. The zero-order chi connectivity index (χ0) is 14.4. The van der Waals surface area contributed by atoms with Gasteiger partial charge in [-0.1, -0.05) is 37.4 Å². The summed E-state index contributed by atoms with van der Waals surface area (Å²) in [6, 6.07) is 1.75. The number of anilines is 2. The van der Waals surface area contributed by atoms with Gasteiger partial charge in [-0.2, -0.15) is 0 Å². The van der Waals surface area contributed by atoms with Crippen molar-refractivity contribution in [3.63, 3.8) is 0 Å². The number of nitrogens with two attached hydrogens (primary N) is 1. The molecule has 7 heteroatoms. The Morgan fingerprint density at radius 3 is 2.50 bits per heavy atom. The van der Waals surface area contributed by atoms with Crippen LogP contribution in [0.15, 0.2) is 11.2 Å². The molecule has 0 saturated heterocycles. The topological polar surface area (TPSA) is 96.1 Å². The SMILES string of the molecule is CSc1nc(NN)cc(NCC2(O)CCCCCC2)n1. The van der Waals surface area contributed by atoms with Crippen molar-refractivity contribution in [3.05, 3.63) is 6.07 Å².